The number of nitrogens with zero attached hydrogens (tertiary/aromatic N) is 1. The Labute approximate surface area is 118 Å². The highest BCUT2D eigenvalue weighted by molar-refractivity contribution is 6.05. The summed E-state index contributed by atoms with van der Waals surface area (Å²) >= 11 is 0. The molecule has 0 radical (unpaired) electrons. The monoisotopic (exact) mass is 269 g/mol. The van der Waals surface area contributed by atoms with Crippen molar-refractivity contribution in [1.82, 2.24) is 10.3 Å². The minimum atomic E-state index is -0.465. The van der Waals surface area contributed by atoms with Crippen LogP contribution in [0.5, 0.6) is 0 Å². The average Bonchev–Trinajstić information content (AvgIpc) is 2.48. The van der Waals surface area contributed by atoms with Gasteiger partial charge in [-0.15, -0.1) is 0 Å². The predicted molar refractivity (Wildman–Crippen MR) is 80.6 cm³/mol. The van der Waals surface area contributed by atoms with Crippen LogP contribution in [0, 0.1) is 0 Å². The molecule has 1 aromatic carbocycles. The van der Waals surface area contributed by atoms with Crippen molar-refractivity contribution < 1.29 is 4.79 Å². The summed E-state index contributed by atoms with van der Waals surface area (Å²) in [5, 5.41) is 8.46. The minimum Gasteiger partial charge on any atom is -0.324 e. The zero-order valence-corrected chi connectivity index (χ0v) is 11.6. The number of hydrogen-bond acceptors (Lipinski definition) is 3. The Morgan fingerprint density at radius 2 is 2.25 bits per heavy atom. The summed E-state index contributed by atoms with van der Waals surface area (Å²) < 4.78 is 0. The van der Waals surface area contributed by atoms with E-state index in [-0.39, 0.29) is 5.91 Å². The van der Waals surface area contributed by atoms with Crippen molar-refractivity contribution in [3.8, 4) is 0 Å². The van der Waals surface area contributed by atoms with E-state index in [2.05, 4.69) is 15.6 Å². The number of carbonyl (C=O) groups excluding carboxylic acids is 1. The molecule has 104 valence electrons. The molecule has 0 spiro atoms. The molecular weight excluding hydrogens is 250 g/mol. The van der Waals surface area contributed by atoms with E-state index in [0.717, 1.165) is 42.3 Å². The first-order chi connectivity index (χ1) is 9.69. The number of carbonyl (C=O) groups is 1. The van der Waals surface area contributed by atoms with Gasteiger partial charge in [-0.05, 0) is 44.9 Å². The van der Waals surface area contributed by atoms with Gasteiger partial charge >= 0.3 is 0 Å². The molecule has 4 heteroatoms. The van der Waals surface area contributed by atoms with Crippen molar-refractivity contribution in [2.45, 2.75) is 31.7 Å². The Balaban J connectivity index is 1.87. The summed E-state index contributed by atoms with van der Waals surface area (Å²) in [5.74, 6) is 0.0431. The van der Waals surface area contributed by atoms with E-state index < -0.39 is 5.54 Å². The molecule has 1 aliphatic heterocycles. The number of fused-ring (bicyclic) bond motifs is 1. The number of hydrogen-bond donors (Lipinski definition) is 2. The van der Waals surface area contributed by atoms with E-state index in [1.807, 2.05) is 37.4 Å². The van der Waals surface area contributed by atoms with Gasteiger partial charge in [-0.3, -0.25) is 9.78 Å². The second kappa shape index (κ2) is 5.21. The van der Waals surface area contributed by atoms with Crippen molar-refractivity contribution in [2.24, 2.45) is 0 Å². The van der Waals surface area contributed by atoms with Crippen LogP contribution >= 0.6 is 0 Å². The van der Waals surface area contributed by atoms with Crippen LogP contribution in [0.4, 0.5) is 5.69 Å². The van der Waals surface area contributed by atoms with E-state index in [9.17, 15) is 4.79 Å². The zero-order valence-electron chi connectivity index (χ0n) is 11.6. The van der Waals surface area contributed by atoms with Crippen LogP contribution in [0.25, 0.3) is 10.8 Å². The van der Waals surface area contributed by atoms with E-state index in [1.165, 1.54) is 0 Å². The Morgan fingerprint density at radius 3 is 3.05 bits per heavy atom. The maximum absolute atomic E-state index is 12.5. The molecule has 2 aromatic rings. The van der Waals surface area contributed by atoms with Gasteiger partial charge in [-0.2, -0.15) is 0 Å². The summed E-state index contributed by atoms with van der Waals surface area (Å²) in [6, 6.07) is 7.81. The Morgan fingerprint density at radius 1 is 1.35 bits per heavy atom. The molecule has 2 heterocycles. The summed E-state index contributed by atoms with van der Waals surface area (Å²) in [5.41, 5.74) is 0.386. The van der Waals surface area contributed by atoms with Crippen LogP contribution in [0.3, 0.4) is 0 Å². The molecule has 1 atom stereocenters. The molecule has 3 rings (SSSR count). The van der Waals surface area contributed by atoms with E-state index in [1.54, 1.807) is 6.20 Å². The molecule has 0 saturated carbocycles. The second-order valence-corrected chi connectivity index (χ2v) is 5.57. The fourth-order valence-electron chi connectivity index (χ4n) is 2.74. The molecule has 0 aliphatic carbocycles. The van der Waals surface area contributed by atoms with E-state index >= 15 is 0 Å². The molecule has 1 amide bonds. The molecule has 1 saturated heterocycles. The molecule has 20 heavy (non-hydrogen) atoms. The number of amides is 1. The molecule has 1 aromatic heterocycles. The number of pyridine rings is 1. The van der Waals surface area contributed by atoms with Crippen molar-refractivity contribution in [3.63, 3.8) is 0 Å². The third-order valence-electron chi connectivity index (χ3n) is 4.05. The Bertz CT molecular complexity index is 627. The lowest BCUT2D eigenvalue weighted by atomic mass is 9.90. The van der Waals surface area contributed by atoms with Gasteiger partial charge in [0.05, 0.1) is 5.54 Å². The fourth-order valence-corrected chi connectivity index (χ4v) is 2.74. The van der Waals surface area contributed by atoms with Crippen molar-refractivity contribution in [2.75, 3.05) is 11.9 Å². The molecule has 1 unspecified atom stereocenters. The lowest BCUT2D eigenvalue weighted by Gasteiger charge is -2.33. The summed E-state index contributed by atoms with van der Waals surface area (Å²) in [4.78, 5) is 16.7. The van der Waals surface area contributed by atoms with Gasteiger partial charge in [0.15, 0.2) is 0 Å². The van der Waals surface area contributed by atoms with Crippen molar-refractivity contribution in [3.05, 3.63) is 36.7 Å². The number of anilines is 1. The topological polar surface area (TPSA) is 54.0 Å². The van der Waals surface area contributed by atoms with Gasteiger partial charge in [0.1, 0.15) is 0 Å². The molecule has 1 fully saturated rings. The smallest absolute Gasteiger partial charge is 0.244 e. The van der Waals surface area contributed by atoms with Gasteiger partial charge in [-0.1, -0.05) is 12.1 Å². The third-order valence-corrected chi connectivity index (χ3v) is 4.05. The van der Waals surface area contributed by atoms with Crippen molar-refractivity contribution in [1.29, 1.82) is 0 Å². The number of piperidine rings is 1. The quantitative estimate of drug-likeness (QED) is 0.881. The summed E-state index contributed by atoms with van der Waals surface area (Å²) in [7, 11) is 0. The SMILES string of the molecule is CC1(C(=O)Nc2cccc3cnccc23)CCCCN1. The van der Waals surface area contributed by atoms with Crippen LogP contribution in [0.2, 0.25) is 0 Å². The molecular formula is C16H19N3O. The highest BCUT2D eigenvalue weighted by atomic mass is 16.2. The van der Waals surface area contributed by atoms with Crippen LogP contribution in [0.1, 0.15) is 26.2 Å². The fraction of sp³-hybridized carbons (Fsp3) is 0.375. The summed E-state index contributed by atoms with van der Waals surface area (Å²) in [6.45, 7) is 2.89. The molecule has 4 nitrogen and oxygen atoms in total. The number of benzene rings is 1. The molecule has 2 N–H and O–H groups in total. The largest absolute Gasteiger partial charge is 0.324 e. The van der Waals surface area contributed by atoms with Crippen LogP contribution in [0.15, 0.2) is 36.7 Å². The lowest BCUT2D eigenvalue weighted by molar-refractivity contribution is -0.122. The second-order valence-electron chi connectivity index (χ2n) is 5.57. The number of nitrogens with one attached hydrogen (secondary N) is 2. The number of aromatic nitrogens is 1. The van der Waals surface area contributed by atoms with Gasteiger partial charge in [0.25, 0.3) is 0 Å². The van der Waals surface area contributed by atoms with E-state index in [4.69, 9.17) is 0 Å². The molecule has 0 bridgehead atoms. The highest BCUT2D eigenvalue weighted by Gasteiger charge is 2.34. The first-order valence-electron chi connectivity index (χ1n) is 7.08. The first-order valence-corrected chi connectivity index (χ1v) is 7.08. The van der Waals surface area contributed by atoms with Gasteiger partial charge in [0, 0.05) is 28.9 Å². The standard InChI is InChI=1S/C16H19N3O/c1-16(8-2-3-9-18-16)15(20)19-14-6-4-5-12-11-17-10-7-13(12)14/h4-7,10-11,18H,2-3,8-9H2,1H3,(H,19,20). The van der Waals surface area contributed by atoms with Gasteiger partial charge in [-0.25, -0.2) is 0 Å². The lowest BCUT2D eigenvalue weighted by Crippen LogP contribution is -2.54. The highest BCUT2D eigenvalue weighted by Crippen LogP contribution is 2.25. The Kier molecular flexibility index (Phi) is 3.40. The first kappa shape index (κ1) is 13.1. The Hall–Kier alpha value is -1.94. The van der Waals surface area contributed by atoms with Gasteiger partial charge in [0.2, 0.25) is 5.91 Å². The normalized spacial score (nSPS) is 22.6. The van der Waals surface area contributed by atoms with Crippen LogP contribution < -0.4 is 10.6 Å². The maximum atomic E-state index is 12.5. The van der Waals surface area contributed by atoms with Crippen LogP contribution in [-0.4, -0.2) is 23.0 Å². The minimum absolute atomic E-state index is 0.0431. The van der Waals surface area contributed by atoms with Gasteiger partial charge < -0.3 is 10.6 Å². The van der Waals surface area contributed by atoms with Crippen molar-refractivity contribution >= 4 is 22.4 Å². The maximum Gasteiger partial charge on any atom is 0.244 e. The molecule has 1 aliphatic rings. The van der Waals surface area contributed by atoms with Crippen LogP contribution in [-0.2, 0) is 4.79 Å². The number of rotatable bonds is 2. The van der Waals surface area contributed by atoms with E-state index in [0.29, 0.717) is 0 Å². The average molecular weight is 269 g/mol. The zero-order chi connectivity index (χ0) is 14.0. The predicted octanol–water partition coefficient (Wildman–Crippen LogP) is 2.71. The third kappa shape index (κ3) is 2.39. The summed E-state index contributed by atoms with van der Waals surface area (Å²) in [6.07, 6.45) is 6.68.